The van der Waals surface area contributed by atoms with Crippen LogP contribution in [0.25, 0.3) is 0 Å². The van der Waals surface area contributed by atoms with E-state index in [0.29, 0.717) is 12.5 Å². The van der Waals surface area contributed by atoms with E-state index in [-0.39, 0.29) is 5.91 Å². The fraction of sp³-hybridized carbons (Fsp3) is 0.611. The second-order valence-corrected chi connectivity index (χ2v) is 6.20. The molecule has 21 heavy (non-hydrogen) atoms. The summed E-state index contributed by atoms with van der Waals surface area (Å²) in [5, 5.41) is 0. The lowest BCUT2D eigenvalue weighted by Crippen LogP contribution is -2.32. The van der Waals surface area contributed by atoms with Crippen LogP contribution in [0.5, 0.6) is 0 Å². The topological polar surface area (TPSA) is 29.5 Å². The average Bonchev–Trinajstić information content (AvgIpc) is 2.49. The summed E-state index contributed by atoms with van der Waals surface area (Å²) in [5.74, 6) is 0.194. The zero-order chi connectivity index (χ0) is 15.2. The Morgan fingerprint density at radius 2 is 2.14 bits per heavy atom. The highest BCUT2D eigenvalue weighted by Crippen LogP contribution is 2.16. The standard InChI is InChI=1S/C18H27NO2/c1-14-7-8-15(2)16(12-14)13-18(20)19(3)10-9-17-6-4-5-11-21-17/h7-8,12,17H,4-6,9-11,13H2,1-3H3/t17-/m1/s1. The van der Waals surface area contributed by atoms with E-state index in [1.165, 1.54) is 24.0 Å². The summed E-state index contributed by atoms with van der Waals surface area (Å²) in [6.07, 6.45) is 5.36. The number of aryl methyl sites for hydroxylation is 2. The second-order valence-electron chi connectivity index (χ2n) is 6.20. The van der Waals surface area contributed by atoms with Crippen LogP contribution in [0, 0.1) is 13.8 Å². The van der Waals surface area contributed by atoms with Gasteiger partial charge in [0.2, 0.25) is 5.91 Å². The van der Waals surface area contributed by atoms with E-state index >= 15 is 0 Å². The summed E-state index contributed by atoms with van der Waals surface area (Å²) < 4.78 is 5.72. The molecule has 0 unspecified atom stereocenters. The Kier molecular flexibility index (Phi) is 5.80. The van der Waals surface area contributed by atoms with Crippen LogP contribution >= 0.6 is 0 Å². The van der Waals surface area contributed by atoms with Crippen LogP contribution in [0.1, 0.15) is 42.4 Å². The average molecular weight is 289 g/mol. The molecule has 0 saturated carbocycles. The molecular weight excluding hydrogens is 262 g/mol. The molecule has 0 aliphatic carbocycles. The normalized spacial score (nSPS) is 18.5. The number of nitrogens with zero attached hydrogens (tertiary/aromatic N) is 1. The van der Waals surface area contributed by atoms with Gasteiger partial charge in [-0.05, 0) is 50.7 Å². The Hall–Kier alpha value is -1.35. The number of benzene rings is 1. The molecule has 0 radical (unpaired) electrons. The van der Waals surface area contributed by atoms with Gasteiger partial charge in [0.15, 0.2) is 0 Å². The first kappa shape index (κ1) is 16.0. The van der Waals surface area contributed by atoms with Crippen molar-refractivity contribution in [2.45, 2.75) is 52.1 Å². The van der Waals surface area contributed by atoms with Crippen LogP contribution in [0.4, 0.5) is 0 Å². The molecule has 0 bridgehead atoms. The minimum absolute atomic E-state index is 0.194. The van der Waals surface area contributed by atoms with Gasteiger partial charge in [-0.2, -0.15) is 0 Å². The van der Waals surface area contributed by atoms with Crippen LogP contribution in [0.2, 0.25) is 0 Å². The molecule has 1 aromatic rings. The molecule has 1 saturated heterocycles. The van der Waals surface area contributed by atoms with Gasteiger partial charge in [0.25, 0.3) is 0 Å². The first-order valence-electron chi connectivity index (χ1n) is 7.98. The lowest BCUT2D eigenvalue weighted by molar-refractivity contribution is -0.129. The van der Waals surface area contributed by atoms with Crippen molar-refractivity contribution >= 4 is 5.91 Å². The maximum Gasteiger partial charge on any atom is 0.226 e. The molecule has 0 aromatic heterocycles. The second kappa shape index (κ2) is 7.60. The quantitative estimate of drug-likeness (QED) is 0.832. The zero-order valence-electron chi connectivity index (χ0n) is 13.5. The summed E-state index contributed by atoms with van der Waals surface area (Å²) in [6.45, 7) is 5.80. The lowest BCUT2D eigenvalue weighted by atomic mass is 10.0. The Bertz CT molecular complexity index is 478. The van der Waals surface area contributed by atoms with Crippen molar-refractivity contribution in [2.24, 2.45) is 0 Å². The molecule has 0 spiro atoms. The monoisotopic (exact) mass is 289 g/mol. The molecule has 1 aliphatic heterocycles. The fourth-order valence-corrected chi connectivity index (χ4v) is 2.79. The molecular formula is C18H27NO2. The Balaban J connectivity index is 1.82. The van der Waals surface area contributed by atoms with E-state index in [0.717, 1.165) is 31.6 Å². The van der Waals surface area contributed by atoms with E-state index in [1.54, 1.807) is 0 Å². The predicted octanol–water partition coefficient (Wildman–Crippen LogP) is 3.26. The van der Waals surface area contributed by atoms with Crippen LogP contribution in [0.15, 0.2) is 18.2 Å². The third-order valence-corrected chi connectivity index (χ3v) is 4.33. The van der Waals surface area contributed by atoms with E-state index in [9.17, 15) is 4.79 Å². The molecule has 116 valence electrons. The number of carbonyl (C=O) groups is 1. The van der Waals surface area contributed by atoms with Crippen molar-refractivity contribution in [2.75, 3.05) is 20.2 Å². The van der Waals surface area contributed by atoms with Gasteiger partial charge in [-0.25, -0.2) is 0 Å². The molecule has 2 rings (SSSR count). The third kappa shape index (κ3) is 4.85. The number of hydrogen-bond acceptors (Lipinski definition) is 2. The van der Waals surface area contributed by atoms with Crippen molar-refractivity contribution in [3.63, 3.8) is 0 Å². The summed E-state index contributed by atoms with van der Waals surface area (Å²) in [6, 6.07) is 6.30. The fourth-order valence-electron chi connectivity index (χ4n) is 2.79. The van der Waals surface area contributed by atoms with Gasteiger partial charge in [0.1, 0.15) is 0 Å². The number of ether oxygens (including phenoxy) is 1. The molecule has 1 aromatic carbocycles. The van der Waals surface area contributed by atoms with Crippen LogP contribution in [-0.2, 0) is 16.0 Å². The van der Waals surface area contributed by atoms with Crippen molar-refractivity contribution in [1.82, 2.24) is 4.90 Å². The molecule has 1 atom stereocenters. The third-order valence-electron chi connectivity index (χ3n) is 4.33. The number of amides is 1. The van der Waals surface area contributed by atoms with Gasteiger partial charge in [0.05, 0.1) is 12.5 Å². The number of carbonyl (C=O) groups excluding carboxylic acids is 1. The van der Waals surface area contributed by atoms with Gasteiger partial charge in [-0.1, -0.05) is 23.8 Å². The van der Waals surface area contributed by atoms with Crippen molar-refractivity contribution < 1.29 is 9.53 Å². The minimum atomic E-state index is 0.194. The maximum absolute atomic E-state index is 12.3. The summed E-state index contributed by atoms with van der Waals surface area (Å²) in [4.78, 5) is 14.2. The van der Waals surface area contributed by atoms with E-state index in [1.807, 2.05) is 11.9 Å². The maximum atomic E-state index is 12.3. The van der Waals surface area contributed by atoms with Crippen LogP contribution in [-0.4, -0.2) is 37.1 Å². The number of hydrogen-bond donors (Lipinski definition) is 0. The smallest absolute Gasteiger partial charge is 0.226 e. The molecule has 1 aliphatic rings. The van der Waals surface area contributed by atoms with E-state index in [2.05, 4.69) is 32.0 Å². The first-order chi connectivity index (χ1) is 10.1. The van der Waals surface area contributed by atoms with Gasteiger partial charge >= 0.3 is 0 Å². The molecule has 0 N–H and O–H groups in total. The molecule has 1 amide bonds. The van der Waals surface area contributed by atoms with Crippen molar-refractivity contribution in [3.05, 3.63) is 34.9 Å². The predicted molar refractivity (Wildman–Crippen MR) is 85.5 cm³/mol. The SMILES string of the molecule is Cc1ccc(C)c(CC(=O)N(C)CC[C@H]2CCCCO2)c1. The summed E-state index contributed by atoms with van der Waals surface area (Å²) >= 11 is 0. The van der Waals surface area contributed by atoms with Gasteiger partial charge in [-0.15, -0.1) is 0 Å². The van der Waals surface area contributed by atoms with Crippen LogP contribution < -0.4 is 0 Å². The Labute approximate surface area is 128 Å². The van der Waals surface area contributed by atoms with Gasteiger partial charge in [-0.3, -0.25) is 4.79 Å². The lowest BCUT2D eigenvalue weighted by Gasteiger charge is -2.25. The van der Waals surface area contributed by atoms with Crippen molar-refractivity contribution in [3.8, 4) is 0 Å². The Morgan fingerprint density at radius 1 is 1.33 bits per heavy atom. The highest BCUT2D eigenvalue weighted by Gasteiger charge is 2.17. The molecule has 1 heterocycles. The summed E-state index contributed by atoms with van der Waals surface area (Å²) in [5.41, 5.74) is 3.54. The zero-order valence-corrected chi connectivity index (χ0v) is 13.5. The molecule has 1 fully saturated rings. The summed E-state index contributed by atoms with van der Waals surface area (Å²) in [7, 11) is 1.90. The van der Waals surface area contributed by atoms with Crippen molar-refractivity contribution in [1.29, 1.82) is 0 Å². The van der Waals surface area contributed by atoms with E-state index in [4.69, 9.17) is 4.74 Å². The number of rotatable bonds is 5. The highest BCUT2D eigenvalue weighted by atomic mass is 16.5. The molecule has 3 heteroatoms. The minimum Gasteiger partial charge on any atom is -0.378 e. The highest BCUT2D eigenvalue weighted by molar-refractivity contribution is 5.78. The van der Waals surface area contributed by atoms with E-state index < -0.39 is 0 Å². The van der Waals surface area contributed by atoms with Gasteiger partial charge < -0.3 is 9.64 Å². The van der Waals surface area contributed by atoms with Crippen LogP contribution in [0.3, 0.4) is 0 Å². The number of likely N-dealkylation sites (N-methyl/N-ethyl adjacent to an activating group) is 1. The Morgan fingerprint density at radius 3 is 2.86 bits per heavy atom. The molecule has 3 nitrogen and oxygen atoms in total. The first-order valence-corrected chi connectivity index (χ1v) is 7.98. The van der Waals surface area contributed by atoms with Gasteiger partial charge in [0, 0.05) is 20.2 Å². The largest absolute Gasteiger partial charge is 0.378 e.